The van der Waals surface area contributed by atoms with Crippen molar-refractivity contribution >= 4 is 28.1 Å². The van der Waals surface area contributed by atoms with Crippen LogP contribution in [0.4, 0.5) is 5.82 Å². The topological polar surface area (TPSA) is 88.2 Å². The minimum atomic E-state index is -1.17. The summed E-state index contributed by atoms with van der Waals surface area (Å²) in [5.74, 6) is 1.35. The Balaban J connectivity index is 1.50. The molecule has 7 nitrogen and oxygen atoms in total. The smallest absolute Gasteiger partial charge is 0.224 e. The maximum atomic E-state index is 12.8. The fourth-order valence-corrected chi connectivity index (χ4v) is 5.51. The second-order valence-electron chi connectivity index (χ2n) is 7.56. The maximum absolute atomic E-state index is 12.8. The molecule has 0 radical (unpaired) electrons. The summed E-state index contributed by atoms with van der Waals surface area (Å²) in [6.45, 7) is 1.33. The van der Waals surface area contributed by atoms with E-state index in [9.17, 15) is 4.55 Å². The van der Waals surface area contributed by atoms with Gasteiger partial charge in [0.2, 0.25) is 5.82 Å². The van der Waals surface area contributed by atoms with Gasteiger partial charge in [0.25, 0.3) is 0 Å². The third kappa shape index (κ3) is 3.35. The highest BCUT2D eigenvalue weighted by Crippen LogP contribution is 2.41. The third-order valence-corrected chi connectivity index (χ3v) is 7.15. The highest BCUT2D eigenvalue weighted by Gasteiger charge is 2.30. The van der Waals surface area contributed by atoms with E-state index in [1.54, 1.807) is 6.20 Å². The summed E-state index contributed by atoms with van der Waals surface area (Å²) in [4.78, 5) is 0. The lowest BCUT2D eigenvalue weighted by molar-refractivity contribution is 0.291. The van der Waals surface area contributed by atoms with E-state index in [0.717, 1.165) is 55.2 Å². The predicted octanol–water partition coefficient (Wildman–Crippen LogP) is 3.81. The van der Waals surface area contributed by atoms with Gasteiger partial charge < -0.3 is 13.8 Å². The molecule has 1 aliphatic carbocycles. The molecule has 0 saturated heterocycles. The van der Waals surface area contributed by atoms with Crippen LogP contribution in [0.3, 0.4) is 0 Å². The lowest BCUT2D eigenvalue weighted by atomic mass is 9.97. The molecule has 8 heteroatoms. The number of hydrogen-bond donors (Lipinski definition) is 1. The standard InChI is InChI=1S/C20H24N4O3S/c25-28(15-6-2-1-3-7-15)23-20-18-17(27-22-20)12-14(13-24-10-5-9-21-24)16-8-4-11-26-19(16)18/h5,9-10,12,15H,1-4,6-8,11,13H2,(H,22,23). The largest absolute Gasteiger partial charge is 0.593 e. The van der Waals surface area contributed by atoms with Gasteiger partial charge in [0.15, 0.2) is 5.58 Å². The second kappa shape index (κ2) is 7.67. The van der Waals surface area contributed by atoms with Crippen molar-refractivity contribution < 1.29 is 13.8 Å². The molecule has 148 valence electrons. The van der Waals surface area contributed by atoms with E-state index in [2.05, 4.69) is 15.0 Å². The minimum absolute atomic E-state index is 0.177. The van der Waals surface area contributed by atoms with Crippen molar-refractivity contribution in [2.75, 3.05) is 11.3 Å². The average Bonchev–Trinajstić information content (AvgIpc) is 3.39. The minimum Gasteiger partial charge on any atom is -0.593 e. The first-order valence-electron chi connectivity index (χ1n) is 10.0. The lowest BCUT2D eigenvalue weighted by Gasteiger charge is -2.24. The van der Waals surface area contributed by atoms with E-state index >= 15 is 0 Å². The molecular weight excluding hydrogens is 376 g/mol. The molecule has 28 heavy (non-hydrogen) atoms. The van der Waals surface area contributed by atoms with Gasteiger partial charge in [0.1, 0.15) is 16.4 Å². The van der Waals surface area contributed by atoms with Crippen molar-refractivity contribution in [2.45, 2.75) is 56.7 Å². The summed E-state index contributed by atoms with van der Waals surface area (Å²) in [5, 5.41) is 9.49. The first-order valence-corrected chi connectivity index (χ1v) is 11.2. The molecule has 0 spiro atoms. The molecular formula is C20H24N4O3S. The fraction of sp³-hybridized carbons (Fsp3) is 0.500. The second-order valence-corrected chi connectivity index (χ2v) is 9.03. The lowest BCUT2D eigenvalue weighted by Crippen LogP contribution is -2.30. The monoisotopic (exact) mass is 400 g/mol. The van der Waals surface area contributed by atoms with E-state index in [-0.39, 0.29) is 5.25 Å². The summed E-state index contributed by atoms with van der Waals surface area (Å²) >= 11 is -1.17. The van der Waals surface area contributed by atoms with Crippen molar-refractivity contribution in [1.29, 1.82) is 0 Å². The van der Waals surface area contributed by atoms with Crippen LogP contribution < -0.4 is 9.46 Å². The Hall–Kier alpha value is -2.19. The zero-order valence-electron chi connectivity index (χ0n) is 15.7. The Bertz CT molecular complexity index is 950. The summed E-state index contributed by atoms with van der Waals surface area (Å²) in [6, 6.07) is 3.94. The fourth-order valence-electron chi connectivity index (χ4n) is 4.26. The van der Waals surface area contributed by atoms with Gasteiger partial charge in [-0.2, -0.15) is 9.82 Å². The zero-order valence-corrected chi connectivity index (χ0v) is 16.5. The Morgan fingerprint density at radius 2 is 2.14 bits per heavy atom. The van der Waals surface area contributed by atoms with Crippen LogP contribution in [0.2, 0.25) is 0 Å². The average molecular weight is 401 g/mol. The van der Waals surface area contributed by atoms with E-state index < -0.39 is 11.4 Å². The molecule has 1 aliphatic heterocycles. The molecule has 1 N–H and O–H groups in total. The Kier molecular flexibility index (Phi) is 4.90. The number of rotatable bonds is 5. The summed E-state index contributed by atoms with van der Waals surface area (Å²) in [6.07, 6.45) is 11.2. The Morgan fingerprint density at radius 1 is 1.25 bits per heavy atom. The van der Waals surface area contributed by atoms with Crippen molar-refractivity contribution in [2.24, 2.45) is 0 Å². The number of ether oxygens (including phenoxy) is 1. The number of nitrogens with one attached hydrogen (secondary N) is 1. The summed E-state index contributed by atoms with van der Waals surface area (Å²) < 4.78 is 29.5. The molecule has 1 atom stereocenters. The van der Waals surface area contributed by atoms with Gasteiger partial charge in [0.05, 0.1) is 24.5 Å². The van der Waals surface area contributed by atoms with Crippen LogP contribution in [0.5, 0.6) is 5.75 Å². The summed E-state index contributed by atoms with van der Waals surface area (Å²) in [5.41, 5.74) is 2.96. The SMILES string of the molecule is [O-][S+](Nc1noc2cc(Cn3cccn3)c3c(c12)OCCC3)C1CCCCC1. The van der Waals surface area contributed by atoms with Gasteiger partial charge in [-0.25, -0.2) is 0 Å². The first-order chi connectivity index (χ1) is 13.8. The maximum Gasteiger partial charge on any atom is 0.224 e. The van der Waals surface area contributed by atoms with Gasteiger partial charge in [0, 0.05) is 18.0 Å². The number of anilines is 1. The molecule has 2 aromatic heterocycles. The molecule has 0 bridgehead atoms. The Morgan fingerprint density at radius 3 is 2.96 bits per heavy atom. The summed E-state index contributed by atoms with van der Waals surface area (Å²) in [7, 11) is 0. The van der Waals surface area contributed by atoms with E-state index in [1.165, 1.54) is 12.0 Å². The van der Waals surface area contributed by atoms with Crippen LogP contribution in [0, 0.1) is 0 Å². The van der Waals surface area contributed by atoms with Crippen LogP contribution in [-0.4, -0.2) is 31.3 Å². The molecule has 3 aromatic rings. The predicted molar refractivity (Wildman–Crippen MR) is 108 cm³/mol. The molecule has 2 aliphatic rings. The van der Waals surface area contributed by atoms with Gasteiger partial charge in [-0.1, -0.05) is 11.6 Å². The quantitative estimate of drug-likeness (QED) is 0.655. The van der Waals surface area contributed by atoms with Gasteiger partial charge >= 0.3 is 0 Å². The van der Waals surface area contributed by atoms with Crippen LogP contribution in [0.15, 0.2) is 29.0 Å². The molecule has 1 unspecified atom stereocenters. The van der Waals surface area contributed by atoms with E-state index in [4.69, 9.17) is 9.26 Å². The van der Waals surface area contributed by atoms with Crippen LogP contribution in [0.1, 0.15) is 49.7 Å². The van der Waals surface area contributed by atoms with Crippen molar-refractivity contribution in [1.82, 2.24) is 14.9 Å². The van der Waals surface area contributed by atoms with Crippen LogP contribution in [0.25, 0.3) is 11.0 Å². The molecule has 5 rings (SSSR count). The third-order valence-electron chi connectivity index (χ3n) is 5.67. The molecule has 1 fully saturated rings. The van der Waals surface area contributed by atoms with Crippen LogP contribution in [-0.2, 0) is 24.3 Å². The Labute approximate surface area is 166 Å². The molecule has 3 heterocycles. The van der Waals surface area contributed by atoms with Crippen molar-refractivity contribution in [3.05, 3.63) is 35.7 Å². The number of nitrogens with zero attached hydrogens (tertiary/aromatic N) is 3. The van der Waals surface area contributed by atoms with E-state index in [1.807, 2.05) is 23.0 Å². The normalized spacial score (nSPS) is 18.6. The highest BCUT2D eigenvalue weighted by molar-refractivity contribution is 7.93. The number of hydrogen-bond acceptors (Lipinski definition) is 6. The number of aromatic nitrogens is 3. The van der Waals surface area contributed by atoms with E-state index in [0.29, 0.717) is 24.6 Å². The molecule has 0 amide bonds. The zero-order chi connectivity index (χ0) is 18.9. The van der Waals surface area contributed by atoms with Crippen molar-refractivity contribution in [3.63, 3.8) is 0 Å². The van der Waals surface area contributed by atoms with Gasteiger partial charge in [-0.15, -0.1) is 0 Å². The molecule has 1 aromatic carbocycles. The van der Waals surface area contributed by atoms with Crippen LogP contribution >= 0.6 is 0 Å². The number of fused-ring (bicyclic) bond motifs is 3. The van der Waals surface area contributed by atoms with Gasteiger partial charge in [-0.3, -0.25) is 4.68 Å². The molecule has 1 saturated carbocycles. The van der Waals surface area contributed by atoms with Crippen molar-refractivity contribution in [3.8, 4) is 5.75 Å². The number of benzene rings is 1. The first kappa shape index (κ1) is 17.9. The van der Waals surface area contributed by atoms with Gasteiger partial charge in [-0.05, 0) is 56.2 Å². The highest BCUT2D eigenvalue weighted by atomic mass is 32.2.